The molecule has 0 saturated carbocycles. The van der Waals surface area contributed by atoms with Gasteiger partial charge < -0.3 is 5.73 Å². The fourth-order valence-corrected chi connectivity index (χ4v) is 2.09. The average Bonchev–Trinajstić information content (AvgIpc) is 2.21. The molecule has 0 amide bonds. The Labute approximate surface area is 103 Å². The summed E-state index contributed by atoms with van der Waals surface area (Å²) in [5.41, 5.74) is 6.20. The predicted molar refractivity (Wildman–Crippen MR) is 73.7 cm³/mol. The molecular weight excluding hydrogens is 196 g/mol. The second-order valence-corrected chi connectivity index (χ2v) is 5.50. The molecule has 0 aromatic carbocycles. The van der Waals surface area contributed by atoms with Gasteiger partial charge in [0.25, 0.3) is 0 Å². The third-order valence-electron chi connectivity index (χ3n) is 3.26. The molecule has 0 radical (unpaired) electrons. The molecule has 2 atom stereocenters. The van der Waals surface area contributed by atoms with Gasteiger partial charge in [-0.1, -0.05) is 34.1 Å². The molecule has 2 heteroatoms. The van der Waals surface area contributed by atoms with Crippen molar-refractivity contribution in [1.29, 1.82) is 0 Å². The van der Waals surface area contributed by atoms with Crippen LogP contribution in [0.4, 0.5) is 0 Å². The van der Waals surface area contributed by atoms with Crippen LogP contribution < -0.4 is 5.73 Å². The fraction of sp³-hybridized carbons (Fsp3) is 1.00. The molecular formula is C14H32N2. The Morgan fingerprint density at radius 1 is 1.12 bits per heavy atom. The third kappa shape index (κ3) is 7.24. The van der Waals surface area contributed by atoms with Gasteiger partial charge in [0.15, 0.2) is 0 Å². The number of rotatable bonds is 9. The minimum atomic E-state index is 0.339. The highest BCUT2D eigenvalue weighted by Crippen LogP contribution is 2.10. The monoisotopic (exact) mass is 228 g/mol. The van der Waals surface area contributed by atoms with E-state index in [1.807, 2.05) is 0 Å². The summed E-state index contributed by atoms with van der Waals surface area (Å²) >= 11 is 0. The summed E-state index contributed by atoms with van der Waals surface area (Å²) in [6.45, 7) is 13.6. The molecule has 98 valence electrons. The maximum Gasteiger partial charge on any atom is 0.0170 e. The number of hydrogen-bond acceptors (Lipinski definition) is 2. The Morgan fingerprint density at radius 2 is 1.75 bits per heavy atom. The van der Waals surface area contributed by atoms with Crippen LogP contribution in [0.2, 0.25) is 0 Å². The van der Waals surface area contributed by atoms with Crippen molar-refractivity contribution in [2.75, 3.05) is 13.1 Å². The minimum absolute atomic E-state index is 0.339. The van der Waals surface area contributed by atoms with E-state index in [1.54, 1.807) is 0 Å². The zero-order valence-corrected chi connectivity index (χ0v) is 12.0. The Kier molecular flexibility index (Phi) is 8.96. The van der Waals surface area contributed by atoms with Gasteiger partial charge in [-0.05, 0) is 38.6 Å². The van der Waals surface area contributed by atoms with Gasteiger partial charge in [-0.3, -0.25) is 4.90 Å². The van der Waals surface area contributed by atoms with E-state index in [9.17, 15) is 0 Å². The Morgan fingerprint density at radius 3 is 2.19 bits per heavy atom. The standard InChI is InChI=1S/C14H32N2/c1-6-8-9-16(13(5)7-2)11-14(15)10-12(3)4/h12-14H,6-11,15H2,1-5H3. The molecule has 2 unspecified atom stereocenters. The van der Waals surface area contributed by atoms with Crippen LogP contribution in [0.3, 0.4) is 0 Å². The Hall–Kier alpha value is -0.0800. The second-order valence-electron chi connectivity index (χ2n) is 5.50. The molecule has 0 rings (SSSR count). The summed E-state index contributed by atoms with van der Waals surface area (Å²) in [5, 5.41) is 0. The first-order valence-corrected chi connectivity index (χ1v) is 7.00. The van der Waals surface area contributed by atoms with Gasteiger partial charge in [0, 0.05) is 18.6 Å². The highest BCUT2D eigenvalue weighted by molar-refractivity contribution is 4.73. The first-order valence-electron chi connectivity index (χ1n) is 7.00. The summed E-state index contributed by atoms with van der Waals surface area (Å²) in [6.07, 6.45) is 4.92. The molecule has 0 aliphatic carbocycles. The molecule has 0 fully saturated rings. The fourth-order valence-electron chi connectivity index (χ4n) is 2.09. The molecule has 0 aliphatic heterocycles. The quantitative estimate of drug-likeness (QED) is 0.656. The van der Waals surface area contributed by atoms with Crippen LogP contribution in [0.5, 0.6) is 0 Å². The maximum absolute atomic E-state index is 6.20. The number of nitrogens with two attached hydrogens (primary N) is 1. The van der Waals surface area contributed by atoms with Crippen molar-refractivity contribution in [3.05, 3.63) is 0 Å². The van der Waals surface area contributed by atoms with E-state index in [0.29, 0.717) is 18.0 Å². The van der Waals surface area contributed by atoms with Crippen LogP contribution in [0.15, 0.2) is 0 Å². The minimum Gasteiger partial charge on any atom is -0.327 e. The summed E-state index contributed by atoms with van der Waals surface area (Å²) in [7, 11) is 0. The van der Waals surface area contributed by atoms with Gasteiger partial charge in [0.05, 0.1) is 0 Å². The zero-order valence-electron chi connectivity index (χ0n) is 12.0. The van der Waals surface area contributed by atoms with Gasteiger partial charge in [-0.25, -0.2) is 0 Å². The lowest BCUT2D eigenvalue weighted by atomic mass is 10.0. The Balaban J connectivity index is 4.07. The van der Waals surface area contributed by atoms with Crippen LogP contribution >= 0.6 is 0 Å². The summed E-state index contributed by atoms with van der Waals surface area (Å²) in [4.78, 5) is 2.57. The van der Waals surface area contributed by atoms with E-state index in [0.717, 1.165) is 13.0 Å². The molecule has 0 saturated heterocycles. The number of unbranched alkanes of at least 4 members (excludes halogenated alkanes) is 1. The molecule has 2 N–H and O–H groups in total. The van der Waals surface area contributed by atoms with E-state index < -0.39 is 0 Å². The van der Waals surface area contributed by atoms with E-state index >= 15 is 0 Å². The summed E-state index contributed by atoms with van der Waals surface area (Å²) in [6, 6.07) is 1.01. The molecule has 2 nitrogen and oxygen atoms in total. The van der Waals surface area contributed by atoms with Crippen molar-refractivity contribution in [3.8, 4) is 0 Å². The molecule has 0 aromatic heterocycles. The predicted octanol–water partition coefficient (Wildman–Crippen LogP) is 3.26. The van der Waals surface area contributed by atoms with E-state index in [1.165, 1.54) is 25.8 Å². The van der Waals surface area contributed by atoms with Crippen molar-refractivity contribution in [2.24, 2.45) is 11.7 Å². The molecule has 0 aliphatic rings. The van der Waals surface area contributed by atoms with Crippen molar-refractivity contribution >= 4 is 0 Å². The topological polar surface area (TPSA) is 29.3 Å². The maximum atomic E-state index is 6.20. The molecule has 0 aromatic rings. The first-order chi connectivity index (χ1) is 7.51. The highest BCUT2D eigenvalue weighted by atomic mass is 15.2. The van der Waals surface area contributed by atoms with Crippen LogP contribution in [-0.4, -0.2) is 30.1 Å². The van der Waals surface area contributed by atoms with Crippen molar-refractivity contribution < 1.29 is 0 Å². The first kappa shape index (κ1) is 15.9. The van der Waals surface area contributed by atoms with Crippen molar-refractivity contribution in [3.63, 3.8) is 0 Å². The summed E-state index contributed by atoms with van der Waals surface area (Å²) in [5.74, 6) is 0.708. The van der Waals surface area contributed by atoms with Gasteiger partial charge >= 0.3 is 0 Å². The van der Waals surface area contributed by atoms with Gasteiger partial charge in [-0.15, -0.1) is 0 Å². The van der Waals surface area contributed by atoms with Crippen molar-refractivity contribution in [2.45, 2.75) is 72.4 Å². The highest BCUT2D eigenvalue weighted by Gasteiger charge is 2.15. The van der Waals surface area contributed by atoms with Gasteiger partial charge in [0.1, 0.15) is 0 Å². The van der Waals surface area contributed by atoms with Gasteiger partial charge in [0.2, 0.25) is 0 Å². The largest absolute Gasteiger partial charge is 0.327 e. The van der Waals surface area contributed by atoms with Crippen LogP contribution in [0.25, 0.3) is 0 Å². The second kappa shape index (κ2) is 9.00. The lowest BCUT2D eigenvalue weighted by Gasteiger charge is -2.31. The van der Waals surface area contributed by atoms with Crippen molar-refractivity contribution in [1.82, 2.24) is 4.90 Å². The summed E-state index contributed by atoms with van der Waals surface area (Å²) < 4.78 is 0. The molecule has 16 heavy (non-hydrogen) atoms. The smallest absolute Gasteiger partial charge is 0.0170 e. The third-order valence-corrected chi connectivity index (χ3v) is 3.26. The van der Waals surface area contributed by atoms with E-state index in [-0.39, 0.29) is 0 Å². The molecule has 0 spiro atoms. The van der Waals surface area contributed by atoms with E-state index in [2.05, 4.69) is 39.5 Å². The average molecular weight is 228 g/mol. The lowest BCUT2D eigenvalue weighted by molar-refractivity contribution is 0.183. The van der Waals surface area contributed by atoms with E-state index in [4.69, 9.17) is 5.73 Å². The van der Waals surface area contributed by atoms with Crippen LogP contribution in [0, 0.1) is 5.92 Å². The zero-order chi connectivity index (χ0) is 12.6. The number of nitrogens with zero attached hydrogens (tertiary/aromatic N) is 1. The molecule has 0 bridgehead atoms. The SMILES string of the molecule is CCCCN(CC(N)CC(C)C)C(C)CC. The normalized spacial score (nSPS) is 15.8. The lowest BCUT2D eigenvalue weighted by Crippen LogP contribution is -2.43. The van der Waals surface area contributed by atoms with Crippen LogP contribution in [0.1, 0.15) is 60.3 Å². The molecule has 0 heterocycles. The Bertz CT molecular complexity index is 157. The number of hydrogen-bond donors (Lipinski definition) is 1. The van der Waals surface area contributed by atoms with Crippen LogP contribution in [-0.2, 0) is 0 Å². The van der Waals surface area contributed by atoms with Gasteiger partial charge in [-0.2, -0.15) is 0 Å².